The fourth-order valence-electron chi connectivity index (χ4n) is 0.502. The minimum Gasteiger partial charge on any atom is -0.295 e. The Labute approximate surface area is 57.1 Å². The molecule has 1 unspecified atom stereocenters. The van der Waals surface area contributed by atoms with Crippen LogP contribution in [0, 0.1) is 24.7 Å². The molecule has 0 aliphatic rings. The molecule has 0 amide bonds. The van der Waals surface area contributed by atoms with E-state index in [2.05, 4.69) is 11.8 Å². The molecule has 0 spiro atoms. The summed E-state index contributed by atoms with van der Waals surface area (Å²) in [5.41, 5.74) is 0. The van der Waals surface area contributed by atoms with Gasteiger partial charge < -0.3 is 0 Å². The zero-order valence-corrected chi connectivity index (χ0v) is 5.89. The van der Waals surface area contributed by atoms with Gasteiger partial charge in [0.2, 0.25) is 0 Å². The van der Waals surface area contributed by atoms with Crippen LogP contribution >= 0.6 is 0 Å². The minimum atomic E-state index is 0.0926. The molecule has 0 N–H and O–H groups in total. The van der Waals surface area contributed by atoms with E-state index in [0.717, 1.165) is 0 Å². The van der Waals surface area contributed by atoms with E-state index in [1.165, 1.54) is 0 Å². The van der Waals surface area contributed by atoms with Gasteiger partial charge in [0.05, 0.1) is 6.04 Å². The van der Waals surface area contributed by atoms with Gasteiger partial charge >= 0.3 is 0 Å². The van der Waals surface area contributed by atoms with E-state index in [0.29, 0.717) is 6.42 Å². The van der Waals surface area contributed by atoms with Crippen LogP contribution < -0.4 is 0 Å². The molecule has 9 heavy (non-hydrogen) atoms. The monoisotopic (exact) mass is 121 g/mol. The highest BCUT2D eigenvalue weighted by Crippen LogP contribution is 1.94. The Hall–Kier alpha value is -0.920. The van der Waals surface area contributed by atoms with E-state index in [-0.39, 0.29) is 6.04 Å². The van der Waals surface area contributed by atoms with Gasteiger partial charge in [-0.05, 0) is 14.1 Å². The van der Waals surface area contributed by atoms with Crippen LogP contribution in [0.2, 0.25) is 0 Å². The highest BCUT2D eigenvalue weighted by atomic mass is 15.1. The number of hydrogen-bond donors (Lipinski definition) is 0. The van der Waals surface area contributed by atoms with Crippen LogP contribution in [-0.4, -0.2) is 25.0 Å². The second kappa shape index (κ2) is 4.01. The minimum absolute atomic E-state index is 0.0926. The molecule has 0 aromatic carbocycles. The Morgan fingerprint density at radius 3 is 2.11 bits per heavy atom. The molecule has 0 aliphatic carbocycles. The predicted octanol–water partition coefficient (Wildman–Crippen LogP) is 0.573. The van der Waals surface area contributed by atoms with Crippen LogP contribution in [0.5, 0.6) is 0 Å². The second-order valence-electron chi connectivity index (χ2n) is 2.05. The molecule has 0 fully saturated rings. The summed E-state index contributed by atoms with van der Waals surface area (Å²) < 4.78 is 0. The lowest BCUT2D eigenvalue weighted by molar-refractivity contribution is 0.358. The first-order chi connectivity index (χ1) is 4.22. The van der Waals surface area contributed by atoms with Gasteiger partial charge in [0.1, 0.15) is 0 Å². The van der Waals surface area contributed by atoms with Gasteiger partial charge in [0, 0.05) is 6.42 Å². The summed E-state index contributed by atoms with van der Waals surface area (Å²) in [6, 6.07) is 0.0926. The molecule has 0 aliphatic heterocycles. The predicted molar refractivity (Wildman–Crippen MR) is 39.8 cm³/mol. The number of rotatable bonds is 2. The molecule has 1 nitrogen and oxygen atoms in total. The quantitative estimate of drug-likeness (QED) is 0.483. The van der Waals surface area contributed by atoms with Crippen molar-refractivity contribution < 1.29 is 0 Å². The molecule has 0 aromatic rings. The van der Waals surface area contributed by atoms with E-state index < -0.39 is 0 Å². The van der Waals surface area contributed by atoms with E-state index in [4.69, 9.17) is 12.8 Å². The first kappa shape index (κ1) is 8.08. The van der Waals surface area contributed by atoms with Crippen LogP contribution in [0.25, 0.3) is 0 Å². The van der Waals surface area contributed by atoms with E-state index >= 15 is 0 Å². The topological polar surface area (TPSA) is 3.24 Å². The van der Waals surface area contributed by atoms with Crippen LogP contribution in [0.4, 0.5) is 0 Å². The van der Waals surface area contributed by atoms with Crippen molar-refractivity contribution in [2.45, 2.75) is 12.5 Å². The van der Waals surface area contributed by atoms with Gasteiger partial charge in [0.15, 0.2) is 0 Å². The van der Waals surface area contributed by atoms with Crippen molar-refractivity contribution in [3.63, 3.8) is 0 Å². The Morgan fingerprint density at radius 1 is 1.44 bits per heavy atom. The molecule has 0 bridgehead atoms. The van der Waals surface area contributed by atoms with Crippen molar-refractivity contribution in [2.24, 2.45) is 0 Å². The van der Waals surface area contributed by atoms with Crippen molar-refractivity contribution in [2.75, 3.05) is 14.1 Å². The maximum absolute atomic E-state index is 5.17. The third-order valence-electron chi connectivity index (χ3n) is 1.13. The molecule has 0 saturated carbocycles. The summed E-state index contributed by atoms with van der Waals surface area (Å²) in [4.78, 5) is 1.93. The van der Waals surface area contributed by atoms with Gasteiger partial charge in [-0.1, -0.05) is 5.92 Å². The maximum Gasteiger partial charge on any atom is 0.0817 e. The first-order valence-corrected chi connectivity index (χ1v) is 2.78. The van der Waals surface area contributed by atoms with Gasteiger partial charge in [-0.15, -0.1) is 18.8 Å². The number of hydrogen-bond acceptors (Lipinski definition) is 1. The summed E-state index contributed by atoms with van der Waals surface area (Å²) in [7, 11) is 3.84. The van der Waals surface area contributed by atoms with Crippen molar-refractivity contribution in [1.82, 2.24) is 4.90 Å². The number of nitrogens with zero attached hydrogens (tertiary/aromatic N) is 1. The Kier molecular flexibility index (Phi) is 3.60. The molecule has 0 saturated heterocycles. The highest BCUT2D eigenvalue weighted by molar-refractivity contribution is 5.05. The van der Waals surface area contributed by atoms with Crippen LogP contribution in [0.15, 0.2) is 0 Å². The molecule has 0 aromatic heterocycles. The van der Waals surface area contributed by atoms with Crippen molar-refractivity contribution >= 4 is 0 Å². The lowest BCUT2D eigenvalue weighted by Gasteiger charge is -2.15. The lowest BCUT2D eigenvalue weighted by atomic mass is 10.2. The van der Waals surface area contributed by atoms with E-state index in [1.54, 1.807) is 0 Å². The smallest absolute Gasteiger partial charge is 0.0817 e. The maximum atomic E-state index is 5.17. The summed E-state index contributed by atoms with van der Waals surface area (Å²) >= 11 is 0. The van der Waals surface area contributed by atoms with E-state index in [9.17, 15) is 0 Å². The Balaban J connectivity index is 3.76. The Bertz CT molecular complexity index is 145. The summed E-state index contributed by atoms with van der Waals surface area (Å²) in [6.45, 7) is 0. The van der Waals surface area contributed by atoms with E-state index in [1.807, 2.05) is 19.0 Å². The standard InChI is InChI=1S/C8H11N/c1-5-7-8(6-2)9(3)4/h1-2,8H,7H2,3-4H3. The SMILES string of the molecule is C#CCC(C#C)N(C)C. The molecule has 1 heteroatoms. The zero-order chi connectivity index (χ0) is 7.28. The van der Waals surface area contributed by atoms with Crippen molar-refractivity contribution in [3.8, 4) is 24.7 Å². The van der Waals surface area contributed by atoms with Crippen molar-refractivity contribution in [1.29, 1.82) is 0 Å². The Morgan fingerprint density at radius 2 is 2.00 bits per heavy atom. The third-order valence-corrected chi connectivity index (χ3v) is 1.13. The number of terminal acetylenes is 2. The summed E-state index contributed by atoms with van der Waals surface area (Å²) in [5, 5.41) is 0. The molecular formula is C8H11N. The van der Waals surface area contributed by atoms with Crippen LogP contribution in [0.1, 0.15) is 6.42 Å². The summed E-state index contributed by atoms with van der Waals surface area (Å²) in [6.07, 6.45) is 10.9. The van der Waals surface area contributed by atoms with Gasteiger partial charge in [0.25, 0.3) is 0 Å². The lowest BCUT2D eigenvalue weighted by Crippen LogP contribution is -2.25. The van der Waals surface area contributed by atoms with Crippen molar-refractivity contribution in [3.05, 3.63) is 0 Å². The fourth-order valence-corrected chi connectivity index (χ4v) is 0.502. The normalized spacial score (nSPS) is 12.1. The molecule has 0 rings (SSSR count). The summed E-state index contributed by atoms with van der Waals surface area (Å²) in [5.74, 6) is 5.10. The van der Waals surface area contributed by atoms with Gasteiger partial charge in [-0.2, -0.15) is 0 Å². The molecular weight excluding hydrogens is 110 g/mol. The third kappa shape index (κ3) is 2.80. The van der Waals surface area contributed by atoms with Crippen LogP contribution in [0.3, 0.4) is 0 Å². The van der Waals surface area contributed by atoms with Gasteiger partial charge in [-0.3, -0.25) is 4.90 Å². The second-order valence-corrected chi connectivity index (χ2v) is 2.05. The molecule has 48 valence electrons. The molecule has 0 radical (unpaired) electrons. The fraction of sp³-hybridized carbons (Fsp3) is 0.500. The average Bonchev–Trinajstić information content (AvgIpc) is 1.82. The van der Waals surface area contributed by atoms with Gasteiger partial charge in [-0.25, -0.2) is 0 Å². The highest BCUT2D eigenvalue weighted by Gasteiger charge is 2.02. The largest absolute Gasteiger partial charge is 0.295 e. The van der Waals surface area contributed by atoms with Crippen LogP contribution in [-0.2, 0) is 0 Å². The molecule has 1 atom stereocenters. The first-order valence-electron chi connectivity index (χ1n) is 2.78. The zero-order valence-electron chi connectivity index (χ0n) is 5.89. The molecule has 0 heterocycles. The average molecular weight is 121 g/mol.